The van der Waals surface area contributed by atoms with Crippen LogP contribution in [0, 0.1) is 0 Å². The Kier molecular flexibility index (Phi) is 4.61. The molecule has 1 N–H and O–H groups in total. The van der Waals surface area contributed by atoms with Crippen LogP contribution in [0.15, 0.2) is 6.33 Å². The molecule has 0 unspecified atom stereocenters. The van der Waals surface area contributed by atoms with Gasteiger partial charge < -0.3 is 0 Å². The molecule has 8 heteroatoms. The Labute approximate surface area is 102 Å². The lowest BCUT2D eigenvalue weighted by molar-refractivity contribution is 0.477. The highest BCUT2D eigenvalue weighted by Crippen LogP contribution is 2.10. The monoisotopic (exact) mass is 261 g/mol. The Bertz CT molecular complexity index is 454. The van der Waals surface area contributed by atoms with Gasteiger partial charge in [0, 0.05) is 20.6 Å². The molecule has 0 aromatic carbocycles. The van der Waals surface area contributed by atoms with E-state index >= 15 is 0 Å². The van der Waals surface area contributed by atoms with E-state index in [4.69, 9.17) is 0 Å². The van der Waals surface area contributed by atoms with Crippen LogP contribution in [0.3, 0.4) is 0 Å². The van der Waals surface area contributed by atoms with Crippen molar-refractivity contribution in [1.82, 2.24) is 23.8 Å². The van der Waals surface area contributed by atoms with Crippen molar-refractivity contribution in [3.8, 4) is 0 Å². The summed E-state index contributed by atoms with van der Waals surface area (Å²) in [6.45, 7) is 4.50. The maximum atomic E-state index is 11.7. The van der Waals surface area contributed by atoms with Crippen LogP contribution in [-0.2, 0) is 16.8 Å². The molecule has 0 saturated heterocycles. The topological polar surface area (TPSA) is 80.1 Å². The number of aromatic nitrogens is 3. The average Bonchev–Trinajstić information content (AvgIpc) is 2.65. The van der Waals surface area contributed by atoms with Gasteiger partial charge in [-0.2, -0.15) is 22.5 Å². The number of rotatable bonds is 6. The number of hydrogen-bond donors (Lipinski definition) is 1. The van der Waals surface area contributed by atoms with Gasteiger partial charge in [-0.15, -0.1) is 0 Å². The lowest BCUT2D eigenvalue weighted by Gasteiger charge is -2.17. The van der Waals surface area contributed by atoms with Gasteiger partial charge >= 0.3 is 0 Å². The largest absolute Gasteiger partial charge is 0.279 e. The third-order valence-electron chi connectivity index (χ3n) is 2.27. The normalized spacial score (nSPS) is 14.2. The quantitative estimate of drug-likeness (QED) is 0.790. The Morgan fingerprint density at radius 1 is 1.53 bits per heavy atom. The van der Waals surface area contributed by atoms with Crippen LogP contribution in [0.2, 0.25) is 0 Å². The highest BCUT2D eigenvalue weighted by Gasteiger charge is 2.21. The fourth-order valence-electron chi connectivity index (χ4n) is 1.37. The average molecular weight is 261 g/mol. The first kappa shape index (κ1) is 14.1. The summed E-state index contributed by atoms with van der Waals surface area (Å²) in [5.74, 6) is 0.622. The zero-order valence-corrected chi connectivity index (χ0v) is 11.4. The first-order chi connectivity index (χ1) is 7.88. The molecule has 0 amide bonds. The molecule has 0 aliphatic rings. The highest BCUT2D eigenvalue weighted by molar-refractivity contribution is 7.87. The summed E-state index contributed by atoms with van der Waals surface area (Å²) in [5.41, 5.74) is 0. The summed E-state index contributed by atoms with van der Waals surface area (Å²) in [6, 6.07) is -0.406. The van der Waals surface area contributed by atoms with E-state index in [0.29, 0.717) is 5.82 Å². The smallest absolute Gasteiger partial charge is 0.249 e. The zero-order chi connectivity index (χ0) is 13.1. The molecule has 7 nitrogen and oxygen atoms in total. The molecular weight excluding hydrogens is 242 g/mol. The van der Waals surface area contributed by atoms with Gasteiger partial charge in [0.05, 0.1) is 6.04 Å². The van der Waals surface area contributed by atoms with Crippen LogP contribution >= 0.6 is 0 Å². The van der Waals surface area contributed by atoms with E-state index in [-0.39, 0.29) is 0 Å². The third-order valence-corrected chi connectivity index (χ3v) is 3.89. The molecule has 0 aliphatic carbocycles. The molecule has 1 atom stereocenters. The Balaban J connectivity index is 2.83. The number of nitrogens with one attached hydrogen (secondary N) is 1. The lowest BCUT2D eigenvalue weighted by atomic mass is 10.3. The summed E-state index contributed by atoms with van der Waals surface area (Å²) in [6.07, 6.45) is 2.36. The van der Waals surface area contributed by atoms with E-state index in [9.17, 15) is 8.42 Å². The Morgan fingerprint density at radius 3 is 2.71 bits per heavy atom. The molecule has 0 radical (unpaired) electrons. The van der Waals surface area contributed by atoms with E-state index in [2.05, 4.69) is 14.8 Å². The molecule has 0 bridgehead atoms. The minimum atomic E-state index is -3.45. The molecule has 0 fully saturated rings. The number of hydrogen-bond acceptors (Lipinski definition) is 4. The van der Waals surface area contributed by atoms with Crippen LogP contribution in [0.4, 0.5) is 0 Å². The Morgan fingerprint density at radius 2 is 2.18 bits per heavy atom. The minimum absolute atomic E-state index is 0.406. The minimum Gasteiger partial charge on any atom is -0.249 e. The summed E-state index contributed by atoms with van der Waals surface area (Å²) >= 11 is 0. The molecule has 1 heterocycles. The second kappa shape index (κ2) is 5.56. The van der Waals surface area contributed by atoms with Crippen molar-refractivity contribution < 1.29 is 8.42 Å². The molecule has 0 aliphatic heterocycles. The fraction of sp³-hybridized carbons (Fsp3) is 0.778. The SMILES string of the molecule is CCCn1ncnc1[C@@H](C)NS(=O)(=O)N(C)C. The van der Waals surface area contributed by atoms with Gasteiger partial charge in [0.1, 0.15) is 12.2 Å². The van der Waals surface area contributed by atoms with Crippen LogP contribution in [0.5, 0.6) is 0 Å². The molecule has 1 aromatic heterocycles. The summed E-state index contributed by atoms with van der Waals surface area (Å²) in [4.78, 5) is 4.08. The lowest BCUT2D eigenvalue weighted by Crippen LogP contribution is -2.38. The first-order valence-electron chi connectivity index (χ1n) is 5.46. The molecular formula is C9H19N5O2S. The zero-order valence-electron chi connectivity index (χ0n) is 10.6. The van der Waals surface area contributed by atoms with Crippen molar-refractivity contribution in [2.45, 2.75) is 32.9 Å². The summed E-state index contributed by atoms with van der Waals surface area (Å²) < 4.78 is 28.7. The van der Waals surface area contributed by atoms with Gasteiger partial charge in [-0.05, 0) is 13.3 Å². The molecule has 17 heavy (non-hydrogen) atoms. The van der Waals surface area contributed by atoms with Gasteiger partial charge in [0.25, 0.3) is 10.2 Å². The van der Waals surface area contributed by atoms with Gasteiger partial charge in [-0.3, -0.25) is 0 Å². The van der Waals surface area contributed by atoms with Crippen LogP contribution in [0.1, 0.15) is 32.1 Å². The van der Waals surface area contributed by atoms with E-state index in [1.165, 1.54) is 20.4 Å². The maximum Gasteiger partial charge on any atom is 0.279 e. The predicted octanol–water partition coefficient (Wildman–Crippen LogP) is 0.145. The van der Waals surface area contributed by atoms with Crippen molar-refractivity contribution >= 4 is 10.2 Å². The second-order valence-electron chi connectivity index (χ2n) is 3.97. The maximum absolute atomic E-state index is 11.7. The second-order valence-corrected chi connectivity index (χ2v) is 5.88. The van der Waals surface area contributed by atoms with Crippen molar-refractivity contribution in [1.29, 1.82) is 0 Å². The molecule has 0 saturated carbocycles. The van der Waals surface area contributed by atoms with Crippen LogP contribution in [-0.4, -0.2) is 41.6 Å². The molecule has 98 valence electrons. The van der Waals surface area contributed by atoms with E-state index in [1.54, 1.807) is 11.6 Å². The molecule has 1 aromatic rings. The summed E-state index contributed by atoms with van der Waals surface area (Å²) in [5, 5.41) is 4.06. The van der Waals surface area contributed by atoms with Crippen molar-refractivity contribution in [2.75, 3.05) is 14.1 Å². The highest BCUT2D eigenvalue weighted by atomic mass is 32.2. The Hall–Kier alpha value is -0.990. The van der Waals surface area contributed by atoms with Gasteiger partial charge in [0.2, 0.25) is 0 Å². The first-order valence-corrected chi connectivity index (χ1v) is 6.90. The standard InChI is InChI=1S/C9H19N5O2S/c1-5-6-14-9(10-7-11-14)8(2)12-17(15,16)13(3)4/h7-8,12H,5-6H2,1-4H3/t8-/m1/s1. The molecule has 1 rings (SSSR count). The van der Waals surface area contributed by atoms with E-state index < -0.39 is 16.3 Å². The molecule has 0 spiro atoms. The number of aryl methyl sites for hydroxylation is 1. The predicted molar refractivity (Wildman–Crippen MR) is 64.5 cm³/mol. The summed E-state index contributed by atoms with van der Waals surface area (Å²) in [7, 11) is -0.497. The fourth-order valence-corrected chi connectivity index (χ4v) is 2.14. The van der Waals surface area contributed by atoms with Crippen molar-refractivity contribution in [3.05, 3.63) is 12.2 Å². The van der Waals surface area contributed by atoms with Crippen molar-refractivity contribution in [3.63, 3.8) is 0 Å². The van der Waals surface area contributed by atoms with E-state index in [1.807, 2.05) is 6.92 Å². The van der Waals surface area contributed by atoms with Crippen LogP contribution < -0.4 is 4.72 Å². The van der Waals surface area contributed by atoms with Crippen LogP contribution in [0.25, 0.3) is 0 Å². The third kappa shape index (κ3) is 3.48. The van der Waals surface area contributed by atoms with Gasteiger partial charge in [-0.1, -0.05) is 6.92 Å². The van der Waals surface area contributed by atoms with Gasteiger partial charge in [0.15, 0.2) is 0 Å². The van der Waals surface area contributed by atoms with Gasteiger partial charge in [-0.25, -0.2) is 9.67 Å². The number of nitrogens with zero attached hydrogens (tertiary/aromatic N) is 4. The van der Waals surface area contributed by atoms with Crippen molar-refractivity contribution in [2.24, 2.45) is 0 Å². The van der Waals surface area contributed by atoms with E-state index in [0.717, 1.165) is 17.3 Å².